The first-order valence-corrected chi connectivity index (χ1v) is 6.21. The Bertz CT molecular complexity index is 425. The molecule has 0 aliphatic carbocycles. The normalized spacial score (nSPS) is 12.0. The van der Waals surface area contributed by atoms with Gasteiger partial charge in [-0.25, -0.2) is 4.79 Å². The highest BCUT2D eigenvalue weighted by Gasteiger charge is 2.22. The van der Waals surface area contributed by atoms with E-state index in [1.165, 1.54) is 0 Å². The molecule has 0 saturated carbocycles. The Morgan fingerprint density at radius 3 is 2.72 bits per heavy atom. The van der Waals surface area contributed by atoms with Gasteiger partial charge in [-0.2, -0.15) is 17.7 Å². The number of amides is 1. The van der Waals surface area contributed by atoms with Crippen LogP contribution in [0.2, 0.25) is 0 Å². The van der Waals surface area contributed by atoms with Gasteiger partial charge in [-0.05, 0) is 19.9 Å². The lowest BCUT2D eigenvalue weighted by molar-refractivity contribution is -0.144. The molecule has 7 heteroatoms. The molecule has 0 bridgehead atoms. The van der Waals surface area contributed by atoms with Gasteiger partial charge in [0, 0.05) is 18.5 Å². The third kappa shape index (κ3) is 3.49. The first kappa shape index (κ1) is 14.6. The molecular weight excluding hydrogens is 254 g/mol. The van der Waals surface area contributed by atoms with Crippen LogP contribution < -0.4 is 5.32 Å². The van der Waals surface area contributed by atoms with Crippen LogP contribution in [-0.2, 0) is 16.6 Å². The molecular formula is C11H17N3O3S. The second-order valence-electron chi connectivity index (χ2n) is 3.76. The van der Waals surface area contributed by atoms with Gasteiger partial charge in [0.1, 0.15) is 11.7 Å². The van der Waals surface area contributed by atoms with E-state index in [2.05, 4.69) is 23.0 Å². The van der Waals surface area contributed by atoms with Crippen molar-refractivity contribution >= 4 is 24.5 Å². The van der Waals surface area contributed by atoms with E-state index in [-0.39, 0.29) is 18.1 Å². The van der Waals surface area contributed by atoms with Crippen LogP contribution in [0.3, 0.4) is 0 Å². The molecule has 1 N–H and O–H groups in total. The standard InChI is InChI=1S/C11H17N3O3S/c1-4-17-11(16)9(6-18)12-10(15)8-5-7(2)14(3)13-8/h5,9,18H,4,6H2,1-3H3,(H,12,15)/t9-/m0/s1. The molecule has 1 atom stereocenters. The zero-order valence-electron chi connectivity index (χ0n) is 10.6. The van der Waals surface area contributed by atoms with Crippen LogP contribution in [0.25, 0.3) is 0 Å². The Labute approximate surface area is 111 Å². The smallest absolute Gasteiger partial charge is 0.329 e. The number of carbonyl (C=O) groups excluding carboxylic acids is 2. The first-order chi connectivity index (χ1) is 8.49. The Kier molecular flexibility index (Phi) is 5.21. The topological polar surface area (TPSA) is 73.2 Å². The van der Waals surface area contributed by atoms with E-state index in [1.807, 2.05) is 6.92 Å². The van der Waals surface area contributed by atoms with Crippen LogP contribution in [0.1, 0.15) is 23.1 Å². The van der Waals surface area contributed by atoms with Gasteiger partial charge in [0.05, 0.1) is 6.61 Å². The summed E-state index contributed by atoms with van der Waals surface area (Å²) in [6.07, 6.45) is 0. The number of hydrogen-bond acceptors (Lipinski definition) is 5. The molecule has 0 radical (unpaired) electrons. The Morgan fingerprint density at radius 1 is 1.61 bits per heavy atom. The summed E-state index contributed by atoms with van der Waals surface area (Å²) >= 11 is 4.02. The number of aromatic nitrogens is 2. The molecule has 0 aliphatic heterocycles. The molecule has 6 nitrogen and oxygen atoms in total. The molecule has 100 valence electrons. The lowest BCUT2D eigenvalue weighted by Crippen LogP contribution is -2.43. The van der Waals surface area contributed by atoms with E-state index in [1.54, 1.807) is 24.7 Å². The molecule has 1 amide bonds. The maximum atomic E-state index is 11.9. The number of aryl methyl sites for hydroxylation is 2. The number of nitrogens with zero attached hydrogens (tertiary/aromatic N) is 2. The maximum absolute atomic E-state index is 11.9. The van der Waals surface area contributed by atoms with Gasteiger partial charge in [-0.15, -0.1) is 0 Å². The van der Waals surface area contributed by atoms with Crippen LogP contribution >= 0.6 is 12.6 Å². The maximum Gasteiger partial charge on any atom is 0.329 e. The third-order valence-corrected chi connectivity index (χ3v) is 2.77. The molecule has 0 spiro atoms. The Hall–Kier alpha value is -1.50. The third-order valence-electron chi connectivity index (χ3n) is 2.41. The molecule has 0 saturated heterocycles. The summed E-state index contributed by atoms with van der Waals surface area (Å²) in [7, 11) is 1.74. The highest BCUT2D eigenvalue weighted by molar-refractivity contribution is 7.80. The fourth-order valence-electron chi connectivity index (χ4n) is 1.33. The Balaban J connectivity index is 2.70. The van der Waals surface area contributed by atoms with E-state index >= 15 is 0 Å². The number of hydrogen-bond donors (Lipinski definition) is 2. The predicted molar refractivity (Wildman–Crippen MR) is 69.7 cm³/mol. The molecule has 1 rings (SSSR count). The van der Waals surface area contributed by atoms with E-state index in [9.17, 15) is 9.59 Å². The first-order valence-electron chi connectivity index (χ1n) is 5.58. The van der Waals surface area contributed by atoms with Crippen molar-refractivity contribution in [3.05, 3.63) is 17.5 Å². The zero-order valence-corrected chi connectivity index (χ0v) is 11.5. The molecule has 1 heterocycles. The van der Waals surface area contributed by atoms with E-state index < -0.39 is 17.9 Å². The number of esters is 1. The average Bonchev–Trinajstić information content (AvgIpc) is 2.66. The SMILES string of the molecule is CCOC(=O)[C@H](CS)NC(=O)c1cc(C)n(C)n1. The van der Waals surface area contributed by atoms with Gasteiger partial charge in [-0.1, -0.05) is 0 Å². The van der Waals surface area contributed by atoms with Crippen LogP contribution in [0.5, 0.6) is 0 Å². The summed E-state index contributed by atoms with van der Waals surface area (Å²) in [5, 5.41) is 6.57. The number of rotatable bonds is 5. The van der Waals surface area contributed by atoms with Gasteiger partial charge < -0.3 is 10.1 Å². The van der Waals surface area contributed by atoms with Crippen LogP contribution in [0, 0.1) is 6.92 Å². The lowest BCUT2D eigenvalue weighted by Gasteiger charge is -2.13. The second-order valence-corrected chi connectivity index (χ2v) is 4.12. The van der Waals surface area contributed by atoms with Crippen molar-refractivity contribution in [3.63, 3.8) is 0 Å². The van der Waals surface area contributed by atoms with Crippen molar-refractivity contribution < 1.29 is 14.3 Å². The molecule has 0 aliphatic rings. The molecule has 0 aromatic carbocycles. The molecule has 1 aromatic rings. The summed E-state index contributed by atoms with van der Waals surface area (Å²) in [5.74, 6) is -0.726. The van der Waals surface area contributed by atoms with Gasteiger partial charge in [0.15, 0.2) is 0 Å². The van der Waals surface area contributed by atoms with Crippen molar-refractivity contribution in [3.8, 4) is 0 Å². The Morgan fingerprint density at radius 2 is 2.28 bits per heavy atom. The van der Waals surface area contributed by atoms with E-state index in [4.69, 9.17) is 4.74 Å². The minimum atomic E-state index is -0.761. The monoisotopic (exact) mass is 271 g/mol. The van der Waals surface area contributed by atoms with E-state index in [0.717, 1.165) is 5.69 Å². The number of carbonyl (C=O) groups is 2. The van der Waals surface area contributed by atoms with Gasteiger partial charge in [-0.3, -0.25) is 9.48 Å². The minimum absolute atomic E-state index is 0.177. The fraction of sp³-hybridized carbons (Fsp3) is 0.545. The fourth-order valence-corrected chi connectivity index (χ4v) is 1.57. The number of ether oxygens (including phenoxy) is 1. The van der Waals surface area contributed by atoms with Crippen LogP contribution in [0.4, 0.5) is 0 Å². The lowest BCUT2D eigenvalue weighted by atomic mass is 10.3. The van der Waals surface area contributed by atoms with Crippen molar-refractivity contribution in [2.75, 3.05) is 12.4 Å². The average molecular weight is 271 g/mol. The van der Waals surface area contributed by atoms with Crippen molar-refractivity contribution in [2.45, 2.75) is 19.9 Å². The minimum Gasteiger partial charge on any atom is -0.464 e. The molecule has 18 heavy (non-hydrogen) atoms. The molecule has 0 unspecified atom stereocenters. The van der Waals surface area contributed by atoms with Gasteiger partial charge >= 0.3 is 5.97 Å². The summed E-state index contributed by atoms with van der Waals surface area (Å²) in [6.45, 7) is 3.81. The summed E-state index contributed by atoms with van der Waals surface area (Å²) < 4.78 is 6.42. The van der Waals surface area contributed by atoms with Crippen molar-refractivity contribution in [1.82, 2.24) is 15.1 Å². The predicted octanol–water partition coefficient (Wildman–Crippen LogP) is 0.320. The van der Waals surface area contributed by atoms with Crippen LogP contribution in [-0.4, -0.2) is 40.1 Å². The highest BCUT2D eigenvalue weighted by atomic mass is 32.1. The van der Waals surface area contributed by atoms with Gasteiger partial charge in [0.25, 0.3) is 5.91 Å². The highest BCUT2D eigenvalue weighted by Crippen LogP contribution is 2.02. The number of thiol groups is 1. The molecule has 1 aromatic heterocycles. The second kappa shape index (κ2) is 6.44. The van der Waals surface area contributed by atoms with Crippen molar-refractivity contribution in [1.29, 1.82) is 0 Å². The van der Waals surface area contributed by atoms with Crippen LogP contribution in [0.15, 0.2) is 6.07 Å². The summed E-state index contributed by atoms with van der Waals surface area (Å²) in [5.41, 5.74) is 1.13. The van der Waals surface area contributed by atoms with E-state index in [0.29, 0.717) is 0 Å². The van der Waals surface area contributed by atoms with Crippen molar-refractivity contribution in [2.24, 2.45) is 7.05 Å². The largest absolute Gasteiger partial charge is 0.464 e. The van der Waals surface area contributed by atoms with Gasteiger partial charge in [0.2, 0.25) is 0 Å². The zero-order chi connectivity index (χ0) is 13.7. The quantitative estimate of drug-likeness (QED) is 0.597. The number of nitrogens with one attached hydrogen (secondary N) is 1. The molecule has 0 fully saturated rings. The summed E-state index contributed by atoms with van der Waals surface area (Å²) in [6, 6.07) is 0.888. The summed E-state index contributed by atoms with van der Waals surface area (Å²) in [4.78, 5) is 23.4.